The zero-order chi connectivity index (χ0) is 14.0. The highest BCUT2D eigenvalue weighted by Crippen LogP contribution is 2.23. The van der Waals surface area contributed by atoms with Gasteiger partial charge in [0, 0.05) is 6.04 Å². The predicted octanol–water partition coefficient (Wildman–Crippen LogP) is 1.55. The number of hydrogen-bond donors (Lipinski definition) is 1. The number of rotatable bonds is 3. The lowest BCUT2D eigenvalue weighted by Crippen LogP contribution is -2.42. The minimum atomic E-state index is -0.817. The molecule has 1 aromatic rings. The highest BCUT2D eigenvalue weighted by molar-refractivity contribution is 6.26. The zero-order valence-electron chi connectivity index (χ0n) is 11.3. The molecule has 1 aliphatic rings. The van der Waals surface area contributed by atoms with E-state index >= 15 is 0 Å². The number of nitrogens with zero attached hydrogens (tertiary/aromatic N) is 2. The highest BCUT2D eigenvalue weighted by atomic mass is 16.2. The molecule has 0 aromatic heterocycles. The highest BCUT2D eigenvalue weighted by Gasteiger charge is 2.39. The number of amides is 2. The first-order valence-electron chi connectivity index (χ1n) is 6.25. The van der Waals surface area contributed by atoms with Crippen LogP contribution in [0.3, 0.4) is 0 Å². The van der Waals surface area contributed by atoms with E-state index in [1.807, 2.05) is 32.0 Å². The second-order valence-corrected chi connectivity index (χ2v) is 4.82. The van der Waals surface area contributed by atoms with Crippen molar-refractivity contribution in [3.8, 4) is 0 Å². The van der Waals surface area contributed by atoms with E-state index in [0.29, 0.717) is 11.4 Å². The van der Waals surface area contributed by atoms with Gasteiger partial charge in [-0.3, -0.25) is 9.59 Å². The Bertz CT molecular complexity index is 523. The van der Waals surface area contributed by atoms with Crippen molar-refractivity contribution in [3.05, 3.63) is 30.3 Å². The molecule has 1 atom stereocenters. The van der Waals surface area contributed by atoms with Crippen LogP contribution in [0.1, 0.15) is 20.8 Å². The molecule has 1 heterocycles. The fourth-order valence-corrected chi connectivity index (χ4v) is 1.99. The quantitative estimate of drug-likeness (QED) is 0.837. The normalized spacial score (nSPS) is 18.7. The minimum Gasteiger partial charge on any atom is -0.353 e. The Morgan fingerprint density at radius 3 is 2.53 bits per heavy atom. The van der Waals surface area contributed by atoms with E-state index in [4.69, 9.17) is 0 Å². The summed E-state index contributed by atoms with van der Waals surface area (Å²) in [6.45, 7) is 5.42. The summed E-state index contributed by atoms with van der Waals surface area (Å²) >= 11 is 0. The van der Waals surface area contributed by atoms with E-state index < -0.39 is 5.92 Å². The first kappa shape index (κ1) is 13.3. The molecule has 0 saturated heterocycles. The average Bonchev–Trinajstić information content (AvgIpc) is 2.65. The van der Waals surface area contributed by atoms with Crippen LogP contribution < -0.4 is 10.3 Å². The SMILES string of the molecule is CC1=NN(c2ccccc2)C(=O)C1C(=O)NC(C)C. The fraction of sp³-hybridized carbons (Fsp3) is 0.357. The van der Waals surface area contributed by atoms with Gasteiger partial charge in [0.25, 0.3) is 5.91 Å². The summed E-state index contributed by atoms with van der Waals surface area (Å²) in [4.78, 5) is 24.3. The number of para-hydroxylation sites is 1. The van der Waals surface area contributed by atoms with Gasteiger partial charge in [-0.1, -0.05) is 18.2 Å². The maximum atomic E-state index is 12.3. The Balaban J connectivity index is 2.22. The molecule has 2 amide bonds. The second kappa shape index (κ2) is 5.22. The molecule has 1 N–H and O–H groups in total. The monoisotopic (exact) mass is 259 g/mol. The third kappa shape index (κ3) is 2.65. The lowest BCUT2D eigenvalue weighted by molar-refractivity contribution is -0.130. The van der Waals surface area contributed by atoms with Crippen LogP contribution >= 0.6 is 0 Å². The maximum absolute atomic E-state index is 12.3. The molecule has 100 valence electrons. The lowest BCUT2D eigenvalue weighted by atomic mass is 10.0. The average molecular weight is 259 g/mol. The Labute approximate surface area is 112 Å². The predicted molar refractivity (Wildman–Crippen MR) is 73.8 cm³/mol. The van der Waals surface area contributed by atoms with E-state index in [0.717, 1.165) is 0 Å². The molecule has 2 rings (SSSR count). The van der Waals surface area contributed by atoms with Gasteiger partial charge in [-0.2, -0.15) is 10.1 Å². The molecule has 5 nitrogen and oxygen atoms in total. The number of hydrogen-bond acceptors (Lipinski definition) is 3. The number of carbonyl (C=O) groups excluding carboxylic acids is 2. The van der Waals surface area contributed by atoms with Gasteiger partial charge in [0.15, 0.2) is 5.92 Å². The fourth-order valence-electron chi connectivity index (χ4n) is 1.99. The van der Waals surface area contributed by atoms with Crippen molar-refractivity contribution < 1.29 is 9.59 Å². The largest absolute Gasteiger partial charge is 0.353 e. The summed E-state index contributed by atoms with van der Waals surface area (Å²) in [5.74, 6) is -1.41. The van der Waals surface area contributed by atoms with E-state index in [-0.39, 0.29) is 17.9 Å². The molecule has 19 heavy (non-hydrogen) atoms. The van der Waals surface area contributed by atoms with E-state index in [1.54, 1.807) is 19.1 Å². The van der Waals surface area contributed by atoms with Gasteiger partial charge in [0.05, 0.1) is 11.4 Å². The number of hydrazone groups is 1. The Kier molecular flexibility index (Phi) is 3.64. The van der Waals surface area contributed by atoms with Crippen molar-refractivity contribution in [2.75, 3.05) is 5.01 Å². The Hall–Kier alpha value is -2.17. The summed E-state index contributed by atoms with van der Waals surface area (Å²) in [5, 5.41) is 8.23. The first-order valence-corrected chi connectivity index (χ1v) is 6.25. The van der Waals surface area contributed by atoms with Gasteiger partial charge in [0.2, 0.25) is 5.91 Å². The lowest BCUT2D eigenvalue weighted by Gasteiger charge is -2.15. The molecular formula is C14H17N3O2. The Morgan fingerprint density at radius 2 is 1.95 bits per heavy atom. The van der Waals surface area contributed by atoms with E-state index in [1.165, 1.54) is 5.01 Å². The molecule has 0 saturated carbocycles. The van der Waals surface area contributed by atoms with Crippen molar-refractivity contribution in [2.24, 2.45) is 11.0 Å². The van der Waals surface area contributed by atoms with Crippen LogP contribution in [-0.2, 0) is 9.59 Å². The smallest absolute Gasteiger partial charge is 0.265 e. The molecule has 0 spiro atoms. The van der Waals surface area contributed by atoms with E-state index in [2.05, 4.69) is 10.4 Å². The standard InChI is InChI=1S/C14H17N3O2/c1-9(2)15-13(18)12-10(3)16-17(14(12)19)11-7-5-4-6-8-11/h4-9,12H,1-3H3,(H,15,18). The molecule has 5 heteroatoms. The molecule has 0 bridgehead atoms. The van der Waals surface area contributed by atoms with Gasteiger partial charge in [0.1, 0.15) is 0 Å². The molecule has 1 aromatic carbocycles. The van der Waals surface area contributed by atoms with E-state index in [9.17, 15) is 9.59 Å². The van der Waals surface area contributed by atoms with Gasteiger partial charge >= 0.3 is 0 Å². The second-order valence-electron chi connectivity index (χ2n) is 4.82. The molecular weight excluding hydrogens is 242 g/mol. The van der Waals surface area contributed by atoms with Crippen LogP contribution in [0.2, 0.25) is 0 Å². The summed E-state index contributed by atoms with van der Waals surface area (Å²) in [6, 6.07) is 9.10. The molecule has 0 aliphatic carbocycles. The topological polar surface area (TPSA) is 61.8 Å². The first-order chi connectivity index (χ1) is 9.00. The zero-order valence-corrected chi connectivity index (χ0v) is 11.3. The number of benzene rings is 1. The van der Waals surface area contributed by atoms with Crippen molar-refractivity contribution >= 4 is 23.2 Å². The van der Waals surface area contributed by atoms with Crippen LogP contribution in [0.25, 0.3) is 0 Å². The van der Waals surface area contributed by atoms with Crippen molar-refractivity contribution in [2.45, 2.75) is 26.8 Å². The molecule has 1 aliphatic heterocycles. The molecule has 0 fully saturated rings. The van der Waals surface area contributed by atoms with Crippen LogP contribution in [0, 0.1) is 5.92 Å². The third-order valence-electron chi connectivity index (χ3n) is 2.83. The molecule has 1 unspecified atom stereocenters. The number of carbonyl (C=O) groups is 2. The van der Waals surface area contributed by atoms with Crippen molar-refractivity contribution in [1.29, 1.82) is 0 Å². The van der Waals surface area contributed by atoms with Gasteiger partial charge in [-0.15, -0.1) is 0 Å². The molecule has 0 radical (unpaired) electrons. The summed E-state index contributed by atoms with van der Waals surface area (Å²) < 4.78 is 0. The van der Waals surface area contributed by atoms with Gasteiger partial charge in [-0.25, -0.2) is 0 Å². The van der Waals surface area contributed by atoms with Crippen LogP contribution in [0.15, 0.2) is 35.4 Å². The third-order valence-corrected chi connectivity index (χ3v) is 2.83. The summed E-state index contributed by atoms with van der Waals surface area (Å²) in [6.07, 6.45) is 0. The van der Waals surface area contributed by atoms with Gasteiger partial charge in [-0.05, 0) is 32.9 Å². The van der Waals surface area contributed by atoms with Crippen molar-refractivity contribution in [3.63, 3.8) is 0 Å². The Morgan fingerprint density at radius 1 is 1.32 bits per heavy atom. The summed E-state index contributed by atoms with van der Waals surface area (Å²) in [5.41, 5.74) is 1.19. The minimum absolute atomic E-state index is 0.00104. The van der Waals surface area contributed by atoms with Crippen LogP contribution in [-0.4, -0.2) is 23.6 Å². The summed E-state index contributed by atoms with van der Waals surface area (Å²) in [7, 11) is 0. The number of nitrogens with one attached hydrogen (secondary N) is 1. The van der Waals surface area contributed by atoms with Crippen LogP contribution in [0.5, 0.6) is 0 Å². The maximum Gasteiger partial charge on any atom is 0.265 e. The van der Waals surface area contributed by atoms with Crippen molar-refractivity contribution in [1.82, 2.24) is 5.32 Å². The van der Waals surface area contributed by atoms with Crippen LogP contribution in [0.4, 0.5) is 5.69 Å². The number of anilines is 1. The van der Waals surface area contributed by atoms with Gasteiger partial charge < -0.3 is 5.32 Å².